The summed E-state index contributed by atoms with van der Waals surface area (Å²) in [5.41, 5.74) is 2.91. The van der Waals surface area contributed by atoms with Gasteiger partial charge in [-0.3, -0.25) is 4.79 Å². The molecule has 0 spiro atoms. The van der Waals surface area contributed by atoms with Crippen LogP contribution in [0.2, 0.25) is 0 Å². The number of likely N-dealkylation sites (tertiary alicyclic amines) is 1. The molecule has 5 aromatic rings. The molecule has 224 valence electrons. The molecule has 1 aliphatic heterocycles. The summed E-state index contributed by atoms with van der Waals surface area (Å²) >= 11 is 0. The van der Waals surface area contributed by atoms with Crippen molar-refractivity contribution in [2.75, 3.05) is 18.4 Å². The summed E-state index contributed by atoms with van der Waals surface area (Å²) in [5.74, 6) is 1.32. The molecule has 1 fully saturated rings. The number of fused-ring (bicyclic) bond motifs is 2. The quantitative estimate of drug-likeness (QED) is 0.243. The van der Waals surface area contributed by atoms with Crippen molar-refractivity contribution in [3.8, 4) is 5.82 Å². The lowest BCUT2D eigenvalue weighted by Gasteiger charge is -2.35. The summed E-state index contributed by atoms with van der Waals surface area (Å²) in [6.45, 7) is 14.2. The van der Waals surface area contributed by atoms with Crippen LogP contribution in [0, 0.1) is 0 Å². The van der Waals surface area contributed by atoms with Gasteiger partial charge in [0.05, 0.1) is 17.8 Å². The van der Waals surface area contributed by atoms with E-state index in [4.69, 9.17) is 4.98 Å². The molecule has 2 N–H and O–H groups in total. The monoisotopic (exact) mass is 580 g/mol. The third-order valence-electron chi connectivity index (χ3n) is 8.55. The minimum atomic E-state index is -1.15. The molecule has 0 atom stereocenters. The van der Waals surface area contributed by atoms with Gasteiger partial charge in [-0.15, -0.1) is 6.58 Å². The number of allylic oxidation sites excluding steroid dienone is 1. The number of hydrogen-bond acceptors (Lipinski definition) is 7. The van der Waals surface area contributed by atoms with Gasteiger partial charge in [0.2, 0.25) is 5.95 Å². The summed E-state index contributed by atoms with van der Waals surface area (Å²) in [6.07, 6.45) is 7.57. The molecular weight excluding hydrogens is 540 g/mol. The van der Waals surface area contributed by atoms with Crippen molar-refractivity contribution < 1.29 is 5.11 Å². The van der Waals surface area contributed by atoms with E-state index >= 15 is 0 Å². The fraction of sp³-hybridized carbons (Fsp3) is 0.394. The molecule has 0 unspecified atom stereocenters. The van der Waals surface area contributed by atoms with E-state index in [1.807, 2.05) is 6.07 Å². The van der Waals surface area contributed by atoms with Crippen LogP contribution in [0.1, 0.15) is 57.7 Å². The van der Waals surface area contributed by atoms with Gasteiger partial charge >= 0.3 is 0 Å². The molecular formula is C33H40N8O2. The fourth-order valence-electron chi connectivity index (χ4n) is 6.16. The van der Waals surface area contributed by atoms with E-state index in [0.717, 1.165) is 37.1 Å². The first-order valence-electron chi connectivity index (χ1n) is 14.9. The highest BCUT2D eigenvalue weighted by Gasteiger charge is 2.25. The van der Waals surface area contributed by atoms with Gasteiger partial charge in [0.15, 0.2) is 11.5 Å². The van der Waals surface area contributed by atoms with Crippen molar-refractivity contribution in [1.29, 1.82) is 0 Å². The Kier molecular flexibility index (Phi) is 7.43. The van der Waals surface area contributed by atoms with E-state index in [-0.39, 0.29) is 12.1 Å². The topological polar surface area (TPSA) is 106 Å². The standard InChI is InChI=1S/C33H40N8O2/c1-7-14-40-31(42)26-20-34-32(37-30(26)41(40)29-10-8-9-28(36-29)33(4,5)43)35-23-18-25(24-13-15-38(6)27(24)19-23)22-11-16-39(17-12-22)21(2)3/h7-10,13,15,18-22,43H,1,11-12,14,16-17H2,2-6H3,(H,34,35,37). The number of pyridine rings is 1. The molecule has 5 heterocycles. The minimum absolute atomic E-state index is 0.239. The number of benzene rings is 1. The number of rotatable bonds is 8. The molecule has 4 aromatic heterocycles. The van der Waals surface area contributed by atoms with Crippen molar-refractivity contribution in [2.24, 2.45) is 7.05 Å². The molecule has 43 heavy (non-hydrogen) atoms. The molecule has 10 heteroatoms. The number of nitrogens with zero attached hydrogens (tertiary/aromatic N) is 7. The van der Waals surface area contributed by atoms with Gasteiger partial charge < -0.3 is 19.9 Å². The molecule has 0 aliphatic carbocycles. The van der Waals surface area contributed by atoms with Gasteiger partial charge in [-0.1, -0.05) is 12.1 Å². The maximum Gasteiger partial charge on any atom is 0.278 e. The molecule has 10 nitrogen and oxygen atoms in total. The summed E-state index contributed by atoms with van der Waals surface area (Å²) in [5, 5.41) is 15.7. The fourth-order valence-corrected chi connectivity index (χ4v) is 6.16. The third kappa shape index (κ3) is 5.36. The lowest BCUT2D eigenvalue weighted by atomic mass is 9.86. The second-order valence-electron chi connectivity index (χ2n) is 12.3. The summed E-state index contributed by atoms with van der Waals surface area (Å²) in [7, 11) is 2.07. The van der Waals surface area contributed by atoms with Crippen molar-refractivity contribution >= 4 is 33.6 Å². The molecule has 1 aliphatic rings. The van der Waals surface area contributed by atoms with Crippen LogP contribution < -0.4 is 10.9 Å². The Morgan fingerprint density at radius 1 is 1.14 bits per heavy atom. The molecule has 0 radical (unpaired) electrons. The number of anilines is 2. The zero-order valence-corrected chi connectivity index (χ0v) is 25.6. The summed E-state index contributed by atoms with van der Waals surface area (Å²) in [4.78, 5) is 30.0. The Hall–Kier alpha value is -4.28. The van der Waals surface area contributed by atoms with E-state index in [9.17, 15) is 9.90 Å². The zero-order chi connectivity index (χ0) is 30.5. The molecule has 6 rings (SSSR count). The van der Waals surface area contributed by atoms with Crippen LogP contribution in [0.25, 0.3) is 27.8 Å². The van der Waals surface area contributed by atoms with Crippen LogP contribution in [0.15, 0.2) is 66.2 Å². The predicted octanol–water partition coefficient (Wildman–Crippen LogP) is 5.21. The first kappa shape index (κ1) is 28.8. The number of aromatic nitrogens is 6. The number of hydrogen-bond donors (Lipinski definition) is 2. The van der Waals surface area contributed by atoms with Crippen molar-refractivity contribution in [1.82, 2.24) is 33.8 Å². The maximum absolute atomic E-state index is 13.4. The number of piperidine rings is 1. The van der Waals surface area contributed by atoms with Gasteiger partial charge in [-0.05, 0) is 95.4 Å². The average Bonchev–Trinajstić information content (AvgIpc) is 3.49. The van der Waals surface area contributed by atoms with Crippen LogP contribution in [0.3, 0.4) is 0 Å². The Morgan fingerprint density at radius 3 is 2.60 bits per heavy atom. The van der Waals surface area contributed by atoms with Crippen LogP contribution in [0.4, 0.5) is 11.6 Å². The summed E-state index contributed by atoms with van der Waals surface area (Å²) < 4.78 is 5.35. The van der Waals surface area contributed by atoms with Crippen LogP contribution in [-0.2, 0) is 19.2 Å². The molecule has 0 bridgehead atoms. The minimum Gasteiger partial charge on any atom is -0.384 e. The highest BCUT2D eigenvalue weighted by Crippen LogP contribution is 2.36. The molecule has 1 aromatic carbocycles. The van der Waals surface area contributed by atoms with Crippen molar-refractivity contribution in [3.05, 3.63) is 83.1 Å². The van der Waals surface area contributed by atoms with Crippen LogP contribution >= 0.6 is 0 Å². The van der Waals surface area contributed by atoms with Gasteiger partial charge in [0.1, 0.15) is 11.0 Å². The molecule has 0 amide bonds. The SMILES string of the molecule is C=CCn1c(=O)c2cnc(Nc3cc(C4CCN(C(C)C)CC4)c4ccn(C)c4c3)nc2n1-c1cccc(C(C)(C)O)n1. The van der Waals surface area contributed by atoms with E-state index in [1.54, 1.807) is 42.9 Å². The highest BCUT2D eigenvalue weighted by molar-refractivity contribution is 5.88. The Balaban J connectivity index is 1.42. The largest absolute Gasteiger partial charge is 0.384 e. The number of aryl methyl sites for hydroxylation is 1. The normalized spacial score (nSPS) is 15.1. The maximum atomic E-state index is 13.4. The van der Waals surface area contributed by atoms with Crippen LogP contribution in [-0.4, -0.2) is 58.0 Å². The highest BCUT2D eigenvalue weighted by atomic mass is 16.3. The first-order valence-corrected chi connectivity index (χ1v) is 14.9. The van der Waals surface area contributed by atoms with Gasteiger partial charge in [-0.2, -0.15) is 4.98 Å². The van der Waals surface area contributed by atoms with E-state index in [0.29, 0.717) is 40.5 Å². The predicted molar refractivity (Wildman–Crippen MR) is 171 cm³/mol. The number of aliphatic hydroxyl groups is 1. The summed E-state index contributed by atoms with van der Waals surface area (Å²) in [6, 6.07) is 12.5. The average molecular weight is 581 g/mol. The lowest BCUT2D eigenvalue weighted by Crippen LogP contribution is -2.37. The van der Waals surface area contributed by atoms with Gasteiger partial charge in [0.25, 0.3) is 5.56 Å². The smallest absolute Gasteiger partial charge is 0.278 e. The second kappa shape index (κ2) is 11.1. The van der Waals surface area contributed by atoms with Crippen LogP contribution in [0.5, 0.6) is 0 Å². The number of nitrogens with one attached hydrogen (secondary N) is 1. The lowest BCUT2D eigenvalue weighted by molar-refractivity contribution is 0.0738. The Bertz CT molecular complexity index is 1870. The molecule has 1 saturated heterocycles. The molecule has 0 saturated carbocycles. The Morgan fingerprint density at radius 2 is 1.91 bits per heavy atom. The van der Waals surface area contributed by atoms with E-state index in [2.05, 4.69) is 76.6 Å². The third-order valence-corrected chi connectivity index (χ3v) is 8.55. The van der Waals surface area contributed by atoms with Crippen molar-refractivity contribution in [3.63, 3.8) is 0 Å². The van der Waals surface area contributed by atoms with E-state index < -0.39 is 5.60 Å². The Labute approximate surface area is 251 Å². The van der Waals surface area contributed by atoms with E-state index in [1.165, 1.54) is 15.6 Å². The first-order chi connectivity index (χ1) is 20.5. The van der Waals surface area contributed by atoms with Gasteiger partial charge in [0, 0.05) is 36.6 Å². The van der Waals surface area contributed by atoms with Crippen molar-refractivity contribution in [2.45, 2.75) is 64.6 Å². The second-order valence-corrected chi connectivity index (χ2v) is 12.3. The van der Waals surface area contributed by atoms with Gasteiger partial charge in [-0.25, -0.2) is 19.3 Å². The zero-order valence-electron chi connectivity index (χ0n) is 25.6.